The molecule has 0 saturated carbocycles. The van der Waals surface area contributed by atoms with E-state index in [1.54, 1.807) is 0 Å². The van der Waals surface area contributed by atoms with Crippen molar-refractivity contribution >= 4 is 5.84 Å². The van der Waals surface area contributed by atoms with Crippen LogP contribution in [-0.2, 0) is 0 Å². The predicted molar refractivity (Wildman–Crippen MR) is 44.5 cm³/mol. The van der Waals surface area contributed by atoms with E-state index in [2.05, 4.69) is 15.6 Å². The molecule has 0 aromatic carbocycles. The minimum Gasteiger partial charge on any atom is -0.386 e. The van der Waals surface area contributed by atoms with E-state index in [1.807, 2.05) is 0 Å². The molecule has 1 saturated heterocycles. The SMILES string of the molecule is NC1=NCNC12CCNCC2. The summed E-state index contributed by atoms with van der Waals surface area (Å²) in [6.45, 7) is 2.79. The number of nitrogens with zero attached hydrogens (tertiary/aromatic N) is 1. The van der Waals surface area contributed by atoms with Gasteiger partial charge in [0, 0.05) is 0 Å². The Morgan fingerprint density at radius 1 is 1.36 bits per heavy atom. The van der Waals surface area contributed by atoms with Gasteiger partial charge in [-0.15, -0.1) is 0 Å². The fourth-order valence-corrected chi connectivity index (χ4v) is 1.80. The van der Waals surface area contributed by atoms with E-state index in [0.717, 1.165) is 31.8 Å². The first-order valence-corrected chi connectivity index (χ1v) is 4.10. The largest absolute Gasteiger partial charge is 0.386 e. The lowest BCUT2D eigenvalue weighted by molar-refractivity contribution is 0.345. The van der Waals surface area contributed by atoms with Gasteiger partial charge in [-0.3, -0.25) is 10.3 Å². The standard InChI is InChI=1S/C7H14N4/c8-6-7(11-5-10-6)1-3-9-4-2-7/h9,11H,1-5H2,(H2,8,10). The van der Waals surface area contributed by atoms with E-state index in [4.69, 9.17) is 5.73 Å². The third-order valence-electron chi connectivity index (χ3n) is 2.61. The van der Waals surface area contributed by atoms with Crippen LogP contribution >= 0.6 is 0 Å². The number of hydrogen-bond acceptors (Lipinski definition) is 4. The predicted octanol–water partition coefficient (Wildman–Crippen LogP) is -0.973. The summed E-state index contributed by atoms with van der Waals surface area (Å²) in [7, 11) is 0. The number of amidine groups is 1. The molecule has 0 bridgehead atoms. The number of hydrogen-bond donors (Lipinski definition) is 3. The summed E-state index contributed by atoms with van der Waals surface area (Å²) >= 11 is 0. The van der Waals surface area contributed by atoms with Crippen molar-refractivity contribution in [2.24, 2.45) is 10.7 Å². The molecule has 1 fully saturated rings. The van der Waals surface area contributed by atoms with E-state index in [0.29, 0.717) is 6.67 Å². The fourth-order valence-electron chi connectivity index (χ4n) is 1.80. The Bertz CT molecular complexity index is 181. The highest BCUT2D eigenvalue weighted by Crippen LogP contribution is 2.21. The summed E-state index contributed by atoms with van der Waals surface area (Å²) in [5.41, 5.74) is 5.85. The molecule has 2 rings (SSSR count). The van der Waals surface area contributed by atoms with Crippen LogP contribution in [0.15, 0.2) is 4.99 Å². The van der Waals surface area contributed by atoms with Gasteiger partial charge in [-0.25, -0.2) is 0 Å². The zero-order valence-electron chi connectivity index (χ0n) is 6.56. The lowest BCUT2D eigenvalue weighted by atomic mass is 9.88. The fraction of sp³-hybridized carbons (Fsp3) is 0.857. The van der Waals surface area contributed by atoms with E-state index < -0.39 is 0 Å². The molecule has 4 N–H and O–H groups in total. The molecule has 2 aliphatic heterocycles. The smallest absolute Gasteiger partial charge is 0.116 e. The summed E-state index contributed by atoms with van der Waals surface area (Å²) in [5, 5.41) is 6.66. The molecule has 62 valence electrons. The number of aliphatic imine (C=N–C) groups is 1. The first kappa shape index (κ1) is 7.06. The molecule has 1 spiro atoms. The summed E-state index contributed by atoms with van der Waals surface area (Å²) in [5.74, 6) is 0.805. The molecule has 0 radical (unpaired) electrons. The topological polar surface area (TPSA) is 62.4 Å². The third kappa shape index (κ3) is 1.02. The summed E-state index contributed by atoms with van der Waals surface area (Å²) in [4.78, 5) is 4.17. The number of rotatable bonds is 0. The summed E-state index contributed by atoms with van der Waals surface area (Å²) in [6.07, 6.45) is 2.14. The normalized spacial score (nSPS) is 28.9. The van der Waals surface area contributed by atoms with Crippen molar-refractivity contribution in [2.75, 3.05) is 19.8 Å². The highest BCUT2D eigenvalue weighted by molar-refractivity contribution is 5.91. The van der Waals surface area contributed by atoms with Crippen molar-refractivity contribution in [1.29, 1.82) is 0 Å². The molecule has 0 atom stereocenters. The van der Waals surface area contributed by atoms with E-state index >= 15 is 0 Å². The molecular weight excluding hydrogens is 140 g/mol. The van der Waals surface area contributed by atoms with Crippen LogP contribution in [0.1, 0.15) is 12.8 Å². The summed E-state index contributed by atoms with van der Waals surface area (Å²) in [6, 6.07) is 0. The Morgan fingerprint density at radius 3 is 2.64 bits per heavy atom. The molecule has 11 heavy (non-hydrogen) atoms. The monoisotopic (exact) mass is 154 g/mol. The van der Waals surface area contributed by atoms with Gasteiger partial charge < -0.3 is 11.1 Å². The third-order valence-corrected chi connectivity index (χ3v) is 2.61. The molecule has 0 amide bonds. The second kappa shape index (κ2) is 2.46. The van der Waals surface area contributed by atoms with Crippen LogP contribution < -0.4 is 16.4 Å². The molecule has 0 aliphatic carbocycles. The zero-order valence-corrected chi connectivity index (χ0v) is 6.56. The molecule has 4 nitrogen and oxygen atoms in total. The molecule has 0 aromatic rings. The Balaban J connectivity index is 2.14. The van der Waals surface area contributed by atoms with Gasteiger partial charge >= 0.3 is 0 Å². The maximum atomic E-state index is 5.80. The first-order valence-electron chi connectivity index (χ1n) is 4.10. The number of piperidine rings is 1. The number of nitrogens with two attached hydrogens (primary N) is 1. The van der Waals surface area contributed by atoms with Crippen LogP contribution in [0.3, 0.4) is 0 Å². The molecule has 2 aliphatic rings. The maximum Gasteiger partial charge on any atom is 0.116 e. The minimum atomic E-state index is 0.0469. The van der Waals surface area contributed by atoms with Crippen molar-refractivity contribution < 1.29 is 0 Å². The van der Waals surface area contributed by atoms with E-state index in [9.17, 15) is 0 Å². The van der Waals surface area contributed by atoms with E-state index in [-0.39, 0.29) is 5.54 Å². The van der Waals surface area contributed by atoms with E-state index in [1.165, 1.54) is 0 Å². The van der Waals surface area contributed by atoms with Crippen LogP contribution in [0.2, 0.25) is 0 Å². The molecule has 4 heteroatoms. The minimum absolute atomic E-state index is 0.0469. The van der Waals surface area contributed by atoms with Crippen LogP contribution in [0.25, 0.3) is 0 Å². The van der Waals surface area contributed by atoms with Crippen LogP contribution in [-0.4, -0.2) is 31.1 Å². The van der Waals surface area contributed by atoms with Crippen molar-refractivity contribution in [1.82, 2.24) is 10.6 Å². The van der Waals surface area contributed by atoms with Gasteiger partial charge in [0.1, 0.15) is 5.84 Å². The average molecular weight is 154 g/mol. The van der Waals surface area contributed by atoms with Crippen LogP contribution in [0, 0.1) is 0 Å². The Morgan fingerprint density at radius 2 is 2.09 bits per heavy atom. The summed E-state index contributed by atoms with van der Waals surface area (Å²) < 4.78 is 0. The zero-order chi connectivity index (χ0) is 7.73. The van der Waals surface area contributed by atoms with Gasteiger partial charge in [0.05, 0.1) is 12.2 Å². The average Bonchev–Trinajstić information content (AvgIpc) is 2.36. The van der Waals surface area contributed by atoms with Crippen LogP contribution in [0.4, 0.5) is 0 Å². The second-order valence-electron chi connectivity index (χ2n) is 3.21. The van der Waals surface area contributed by atoms with Gasteiger partial charge in [-0.2, -0.15) is 0 Å². The van der Waals surface area contributed by atoms with Gasteiger partial charge in [-0.05, 0) is 25.9 Å². The molecule has 2 heterocycles. The van der Waals surface area contributed by atoms with Gasteiger partial charge in [-0.1, -0.05) is 0 Å². The quantitative estimate of drug-likeness (QED) is 0.420. The van der Waals surface area contributed by atoms with Gasteiger partial charge in [0.2, 0.25) is 0 Å². The van der Waals surface area contributed by atoms with Gasteiger partial charge in [0.15, 0.2) is 0 Å². The first-order chi connectivity index (χ1) is 5.33. The Hall–Kier alpha value is -0.610. The van der Waals surface area contributed by atoms with Crippen molar-refractivity contribution in [3.05, 3.63) is 0 Å². The van der Waals surface area contributed by atoms with Crippen molar-refractivity contribution in [3.63, 3.8) is 0 Å². The Kier molecular flexibility index (Phi) is 1.58. The molecular formula is C7H14N4. The van der Waals surface area contributed by atoms with Crippen molar-refractivity contribution in [3.8, 4) is 0 Å². The lowest BCUT2D eigenvalue weighted by Gasteiger charge is -2.33. The molecule has 0 aromatic heterocycles. The lowest BCUT2D eigenvalue weighted by Crippen LogP contribution is -2.56. The number of nitrogens with one attached hydrogen (secondary N) is 2. The second-order valence-corrected chi connectivity index (χ2v) is 3.21. The molecule has 0 unspecified atom stereocenters. The highest BCUT2D eigenvalue weighted by atomic mass is 15.2. The highest BCUT2D eigenvalue weighted by Gasteiger charge is 2.37. The van der Waals surface area contributed by atoms with Crippen molar-refractivity contribution in [2.45, 2.75) is 18.4 Å². The van der Waals surface area contributed by atoms with Gasteiger partial charge in [0.25, 0.3) is 0 Å². The van der Waals surface area contributed by atoms with Crippen LogP contribution in [0.5, 0.6) is 0 Å². The Labute approximate surface area is 66.3 Å². The maximum absolute atomic E-state index is 5.80.